The number of benzene rings is 2. The van der Waals surface area contributed by atoms with E-state index in [0.29, 0.717) is 18.7 Å². The highest BCUT2D eigenvalue weighted by molar-refractivity contribution is 5.81. The molecule has 3 rings (SSSR count). The summed E-state index contributed by atoms with van der Waals surface area (Å²) in [5, 5.41) is 21.9. The van der Waals surface area contributed by atoms with Crippen LogP contribution in [0.3, 0.4) is 0 Å². The van der Waals surface area contributed by atoms with Gasteiger partial charge in [-0.15, -0.1) is 0 Å². The molecule has 2 aromatic carbocycles. The van der Waals surface area contributed by atoms with E-state index in [1.54, 1.807) is 23.1 Å². The van der Waals surface area contributed by atoms with Crippen LogP contribution in [0.4, 0.5) is 5.69 Å². The zero-order valence-electron chi connectivity index (χ0n) is 16.1. The third kappa shape index (κ3) is 5.10. The van der Waals surface area contributed by atoms with Gasteiger partial charge in [0.15, 0.2) is 0 Å². The van der Waals surface area contributed by atoms with Gasteiger partial charge in [0.1, 0.15) is 0 Å². The summed E-state index contributed by atoms with van der Waals surface area (Å²) in [6.45, 7) is 2.32. The number of nitrogens with one attached hydrogen (secondary N) is 1. The van der Waals surface area contributed by atoms with Crippen molar-refractivity contribution in [1.29, 1.82) is 5.26 Å². The maximum Gasteiger partial charge on any atom is 0.242 e. The summed E-state index contributed by atoms with van der Waals surface area (Å²) in [4.78, 5) is 16.8. The Kier molecular flexibility index (Phi) is 6.64. The highest BCUT2D eigenvalue weighted by atomic mass is 16.3. The second kappa shape index (κ2) is 9.36. The summed E-state index contributed by atoms with van der Waals surface area (Å²) in [5.41, 5.74) is 2.38. The molecule has 146 valence electrons. The number of aliphatic hydroxyl groups excluding tert-OH is 1. The lowest BCUT2D eigenvalue weighted by Crippen LogP contribution is -2.41. The number of likely N-dealkylation sites (N-methyl/N-ethyl adjacent to an activating group) is 1. The quantitative estimate of drug-likeness (QED) is 0.772. The number of hydrogen-bond donors (Lipinski definition) is 2. The first-order valence-electron chi connectivity index (χ1n) is 9.52. The fourth-order valence-corrected chi connectivity index (χ4v) is 3.52. The molecule has 1 saturated heterocycles. The van der Waals surface area contributed by atoms with Gasteiger partial charge in [-0.1, -0.05) is 36.4 Å². The Morgan fingerprint density at radius 1 is 1.32 bits per heavy atom. The molecular formula is C22H26N4O2. The van der Waals surface area contributed by atoms with Gasteiger partial charge >= 0.3 is 0 Å². The van der Waals surface area contributed by atoms with E-state index in [0.717, 1.165) is 24.2 Å². The number of nitrogens with zero attached hydrogens (tertiary/aromatic N) is 3. The van der Waals surface area contributed by atoms with E-state index in [1.165, 1.54) is 0 Å². The third-order valence-electron chi connectivity index (χ3n) is 5.16. The van der Waals surface area contributed by atoms with E-state index in [9.17, 15) is 9.90 Å². The minimum Gasteiger partial charge on any atom is -0.392 e. The molecule has 0 saturated carbocycles. The van der Waals surface area contributed by atoms with E-state index >= 15 is 0 Å². The first-order chi connectivity index (χ1) is 13.6. The van der Waals surface area contributed by atoms with Gasteiger partial charge in [-0.3, -0.25) is 9.69 Å². The Morgan fingerprint density at radius 2 is 2.11 bits per heavy atom. The van der Waals surface area contributed by atoms with Crippen molar-refractivity contribution in [2.75, 3.05) is 38.5 Å². The average Bonchev–Trinajstić information content (AvgIpc) is 3.15. The smallest absolute Gasteiger partial charge is 0.242 e. The fraction of sp³-hybridized carbons (Fsp3) is 0.364. The number of rotatable bonds is 7. The Labute approximate surface area is 166 Å². The number of carbonyl (C=O) groups excluding carboxylic acids is 1. The Balaban J connectivity index is 1.68. The van der Waals surface area contributed by atoms with Crippen molar-refractivity contribution in [3.8, 4) is 6.07 Å². The van der Waals surface area contributed by atoms with Crippen molar-refractivity contribution in [3.05, 3.63) is 65.7 Å². The molecule has 1 fully saturated rings. The molecule has 2 aromatic rings. The molecule has 1 unspecified atom stereocenters. The van der Waals surface area contributed by atoms with Crippen molar-refractivity contribution < 1.29 is 9.90 Å². The van der Waals surface area contributed by atoms with Crippen LogP contribution in [0.5, 0.6) is 0 Å². The molecule has 1 aliphatic rings. The van der Waals surface area contributed by atoms with Gasteiger partial charge in [0.2, 0.25) is 5.91 Å². The number of aliphatic hydroxyl groups is 1. The Bertz CT molecular complexity index is 834. The van der Waals surface area contributed by atoms with Crippen molar-refractivity contribution in [2.24, 2.45) is 0 Å². The SMILES string of the molecule is CN(C(=O)CNc1cccc(C#N)c1)[C@H](CN1CCC(O)C1)c1ccccc1. The minimum atomic E-state index is -0.286. The molecule has 0 aromatic heterocycles. The summed E-state index contributed by atoms with van der Waals surface area (Å²) in [5.74, 6) is -0.0315. The topological polar surface area (TPSA) is 79.6 Å². The van der Waals surface area contributed by atoms with Crippen LogP contribution in [0.2, 0.25) is 0 Å². The number of hydrogen-bond acceptors (Lipinski definition) is 5. The van der Waals surface area contributed by atoms with E-state index in [2.05, 4.69) is 16.3 Å². The minimum absolute atomic E-state index is 0.0315. The van der Waals surface area contributed by atoms with Gasteiger partial charge in [0.25, 0.3) is 0 Å². The molecule has 28 heavy (non-hydrogen) atoms. The highest BCUT2D eigenvalue weighted by Gasteiger charge is 2.27. The fourth-order valence-electron chi connectivity index (χ4n) is 3.52. The monoisotopic (exact) mass is 378 g/mol. The molecule has 1 amide bonds. The number of anilines is 1. The van der Waals surface area contributed by atoms with Crippen molar-refractivity contribution in [3.63, 3.8) is 0 Å². The van der Waals surface area contributed by atoms with Gasteiger partial charge in [-0.05, 0) is 30.2 Å². The summed E-state index contributed by atoms with van der Waals surface area (Å²) >= 11 is 0. The molecule has 6 nitrogen and oxygen atoms in total. The maximum absolute atomic E-state index is 12.9. The van der Waals surface area contributed by atoms with Gasteiger partial charge in [0, 0.05) is 32.4 Å². The number of amides is 1. The molecule has 0 aliphatic carbocycles. The lowest BCUT2D eigenvalue weighted by atomic mass is 10.0. The Morgan fingerprint density at radius 3 is 2.79 bits per heavy atom. The highest BCUT2D eigenvalue weighted by Crippen LogP contribution is 2.23. The predicted molar refractivity (Wildman–Crippen MR) is 109 cm³/mol. The normalized spacial score (nSPS) is 17.7. The lowest BCUT2D eigenvalue weighted by molar-refractivity contribution is -0.130. The van der Waals surface area contributed by atoms with E-state index in [4.69, 9.17) is 5.26 Å². The third-order valence-corrected chi connectivity index (χ3v) is 5.16. The van der Waals surface area contributed by atoms with E-state index in [1.807, 2.05) is 43.4 Å². The molecule has 2 atom stereocenters. The molecule has 6 heteroatoms. The summed E-state index contributed by atoms with van der Waals surface area (Å²) < 4.78 is 0. The molecular weight excluding hydrogens is 352 g/mol. The van der Waals surface area contributed by atoms with Crippen molar-refractivity contribution >= 4 is 11.6 Å². The van der Waals surface area contributed by atoms with E-state index < -0.39 is 0 Å². The van der Waals surface area contributed by atoms with Crippen LogP contribution < -0.4 is 5.32 Å². The zero-order chi connectivity index (χ0) is 19.9. The average molecular weight is 378 g/mol. The first-order valence-corrected chi connectivity index (χ1v) is 9.52. The number of β-amino-alcohol motifs (C(OH)–C–C–N with tert-alkyl or cyclic N) is 1. The molecule has 0 radical (unpaired) electrons. The van der Waals surface area contributed by atoms with Crippen LogP contribution in [0.1, 0.15) is 23.6 Å². The van der Waals surface area contributed by atoms with Crippen LogP contribution in [0, 0.1) is 11.3 Å². The number of carbonyl (C=O) groups is 1. The number of nitriles is 1. The Hall–Kier alpha value is -2.88. The van der Waals surface area contributed by atoms with Crippen LogP contribution in [-0.2, 0) is 4.79 Å². The van der Waals surface area contributed by atoms with Crippen molar-refractivity contribution in [2.45, 2.75) is 18.6 Å². The molecule has 1 heterocycles. The van der Waals surface area contributed by atoms with Gasteiger partial charge < -0.3 is 15.3 Å². The summed E-state index contributed by atoms with van der Waals surface area (Å²) in [6.07, 6.45) is 0.488. The van der Waals surface area contributed by atoms with Gasteiger partial charge in [0.05, 0.1) is 30.3 Å². The maximum atomic E-state index is 12.9. The van der Waals surface area contributed by atoms with Crippen LogP contribution >= 0.6 is 0 Å². The van der Waals surface area contributed by atoms with Crippen LogP contribution in [0.15, 0.2) is 54.6 Å². The van der Waals surface area contributed by atoms with Crippen LogP contribution in [0.25, 0.3) is 0 Å². The lowest BCUT2D eigenvalue weighted by Gasteiger charge is -2.32. The number of likely N-dealkylation sites (tertiary alicyclic amines) is 1. The molecule has 0 bridgehead atoms. The molecule has 2 N–H and O–H groups in total. The van der Waals surface area contributed by atoms with Gasteiger partial charge in [-0.25, -0.2) is 0 Å². The van der Waals surface area contributed by atoms with Crippen molar-refractivity contribution in [1.82, 2.24) is 9.80 Å². The summed E-state index contributed by atoms with van der Waals surface area (Å²) in [7, 11) is 1.82. The largest absolute Gasteiger partial charge is 0.392 e. The summed E-state index contributed by atoms with van der Waals surface area (Å²) in [6, 6.07) is 19.1. The second-order valence-electron chi connectivity index (χ2n) is 7.18. The molecule has 0 spiro atoms. The molecule has 1 aliphatic heterocycles. The van der Waals surface area contributed by atoms with E-state index in [-0.39, 0.29) is 24.6 Å². The van der Waals surface area contributed by atoms with Crippen LogP contribution in [-0.4, -0.2) is 60.1 Å². The first kappa shape index (κ1) is 19.9. The predicted octanol–water partition coefficient (Wildman–Crippen LogP) is 2.24. The zero-order valence-corrected chi connectivity index (χ0v) is 16.1. The second-order valence-corrected chi connectivity index (χ2v) is 7.18. The standard InChI is InChI=1S/C22H26N4O2/c1-25(22(28)14-24-19-9-5-6-17(12-19)13-23)21(18-7-3-2-4-8-18)16-26-11-10-20(27)15-26/h2-9,12,20-21,24,27H,10-11,14-16H2,1H3/t20?,21-/m1/s1. The van der Waals surface area contributed by atoms with Gasteiger partial charge in [-0.2, -0.15) is 5.26 Å².